The minimum absolute atomic E-state index is 0.295. The Hall–Kier alpha value is -2.86. The number of likely N-dealkylation sites (N-methyl/N-ethyl adjacent to an activating group) is 1. The smallest absolute Gasteiger partial charge is 0.255 e. The molecular weight excluding hydrogens is 318 g/mol. The van der Waals surface area contributed by atoms with Crippen LogP contribution in [0.4, 0.5) is 0 Å². The van der Waals surface area contributed by atoms with Crippen LogP contribution in [0.25, 0.3) is 0 Å². The zero-order valence-corrected chi connectivity index (χ0v) is 14.4. The topological polar surface area (TPSA) is 93.5 Å². The van der Waals surface area contributed by atoms with Gasteiger partial charge in [0.05, 0.1) is 5.56 Å². The highest BCUT2D eigenvalue weighted by molar-refractivity contribution is 6.00. The molecule has 1 unspecified atom stereocenters. The fraction of sp³-hybridized carbons (Fsp3) is 0.263. The van der Waals surface area contributed by atoms with Crippen molar-refractivity contribution in [3.8, 4) is 5.75 Å². The maximum Gasteiger partial charge on any atom is 0.255 e. The summed E-state index contributed by atoms with van der Waals surface area (Å²) in [4.78, 5) is 25.0. The molecule has 0 spiro atoms. The molecule has 25 heavy (non-hydrogen) atoms. The number of rotatable bonds is 7. The van der Waals surface area contributed by atoms with Crippen LogP contribution in [0.5, 0.6) is 5.75 Å². The van der Waals surface area contributed by atoms with Crippen molar-refractivity contribution in [1.82, 2.24) is 10.6 Å². The number of nitrogens with one attached hydrogen (secondary N) is 2. The van der Waals surface area contributed by atoms with Crippen molar-refractivity contribution < 1.29 is 14.3 Å². The third-order valence-electron chi connectivity index (χ3n) is 3.67. The predicted octanol–water partition coefficient (Wildman–Crippen LogP) is 1.55. The molecule has 6 nitrogen and oxygen atoms in total. The van der Waals surface area contributed by atoms with E-state index in [4.69, 9.17) is 10.5 Å². The summed E-state index contributed by atoms with van der Waals surface area (Å²) >= 11 is 0. The van der Waals surface area contributed by atoms with Gasteiger partial charge in [0.1, 0.15) is 18.4 Å². The molecule has 0 heterocycles. The Labute approximate surface area is 147 Å². The standard InChI is InChI=1S/C19H23N3O3/c1-13-8-9-16(25-11-10-20)15(12-13)18(23)22-17(19(24)21-2)14-6-4-3-5-7-14/h3-9,12,17H,10-11,20H2,1-2H3,(H,21,24)(H,22,23). The highest BCUT2D eigenvalue weighted by atomic mass is 16.5. The van der Waals surface area contributed by atoms with Crippen LogP contribution in [-0.2, 0) is 4.79 Å². The van der Waals surface area contributed by atoms with Gasteiger partial charge in [-0.15, -0.1) is 0 Å². The molecule has 0 aliphatic carbocycles. The largest absolute Gasteiger partial charge is 0.491 e. The molecule has 0 saturated carbocycles. The van der Waals surface area contributed by atoms with Crippen LogP contribution in [0.3, 0.4) is 0 Å². The third-order valence-corrected chi connectivity index (χ3v) is 3.67. The van der Waals surface area contributed by atoms with Crippen LogP contribution in [0, 0.1) is 6.92 Å². The molecule has 2 aromatic carbocycles. The van der Waals surface area contributed by atoms with E-state index in [9.17, 15) is 9.59 Å². The van der Waals surface area contributed by atoms with E-state index in [1.807, 2.05) is 31.2 Å². The van der Waals surface area contributed by atoms with Gasteiger partial charge in [-0.05, 0) is 24.6 Å². The Morgan fingerprint density at radius 2 is 1.88 bits per heavy atom. The quantitative estimate of drug-likeness (QED) is 0.712. The lowest BCUT2D eigenvalue weighted by molar-refractivity contribution is -0.122. The molecule has 132 valence electrons. The number of carbonyl (C=O) groups excluding carboxylic acids is 2. The average Bonchev–Trinajstić information content (AvgIpc) is 2.65. The molecular formula is C19H23N3O3. The van der Waals surface area contributed by atoms with Gasteiger partial charge in [-0.2, -0.15) is 0 Å². The number of amides is 2. The number of ether oxygens (including phenoxy) is 1. The third kappa shape index (κ3) is 4.81. The molecule has 0 fully saturated rings. The molecule has 1 atom stereocenters. The number of aryl methyl sites for hydroxylation is 1. The van der Waals surface area contributed by atoms with E-state index < -0.39 is 6.04 Å². The number of nitrogens with two attached hydrogens (primary N) is 1. The fourth-order valence-corrected chi connectivity index (χ4v) is 2.41. The van der Waals surface area contributed by atoms with Crippen molar-refractivity contribution in [3.05, 3.63) is 65.2 Å². The molecule has 0 aliphatic heterocycles. The Kier molecular flexibility index (Phi) is 6.54. The second kappa shape index (κ2) is 8.84. The molecule has 4 N–H and O–H groups in total. The molecule has 0 bridgehead atoms. The van der Waals surface area contributed by atoms with Crippen molar-refractivity contribution in [2.45, 2.75) is 13.0 Å². The summed E-state index contributed by atoms with van der Waals surface area (Å²) in [6.07, 6.45) is 0. The van der Waals surface area contributed by atoms with Crippen LogP contribution in [0.15, 0.2) is 48.5 Å². The molecule has 2 amide bonds. The summed E-state index contributed by atoms with van der Waals surface area (Å²) in [7, 11) is 1.53. The first-order chi connectivity index (χ1) is 12.1. The SMILES string of the molecule is CNC(=O)C(NC(=O)c1cc(C)ccc1OCCN)c1ccccc1. The zero-order valence-electron chi connectivity index (χ0n) is 14.4. The summed E-state index contributed by atoms with van der Waals surface area (Å²) in [6.45, 7) is 2.54. The monoisotopic (exact) mass is 341 g/mol. The Bertz CT molecular complexity index is 732. The molecule has 0 radical (unpaired) electrons. The first-order valence-electron chi connectivity index (χ1n) is 8.07. The number of benzene rings is 2. The second-order valence-electron chi connectivity index (χ2n) is 5.57. The predicted molar refractivity (Wildman–Crippen MR) is 96.4 cm³/mol. The Morgan fingerprint density at radius 3 is 2.52 bits per heavy atom. The van der Waals surface area contributed by atoms with E-state index in [0.29, 0.717) is 30.0 Å². The van der Waals surface area contributed by atoms with Gasteiger partial charge >= 0.3 is 0 Å². The number of hydrogen-bond acceptors (Lipinski definition) is 4. The summed E-state index contributed by atoms with van der Waals surface area (Å²) in [5, 5.41) is 5.36. The van der Waals surface area contributed by atoms with E-state index in [1.165, 1.54) is 7.05 Å². The maximum absolute atomic E-state index is 12.8. The van der Waals surface area contributed by atoms with Gasteiger partial charge in [0.2, 0.25) is 5.91 Å². The minimum Gasteiger partial charge on any atom is -0.491 e. The Morgan fingerprint density at radius 1 is 1.16 bits per heavy atom. The van der Waals surface area contributed by atoms with E-state index in [1.54, 1.807) is 24.3 Å². The molecule has 6 heteroatoms. The van der Waals surface area contributed by atoms with Gasteiger partial charge in [0.25, 0.3) is 5.91 Å². The van der Waals surface area contributed by atoms with Gasteiger partial charge in [0.15, 0.2) is 0 Å². The number of carbonyl (C=O) groups is 2. The average molecular weight is 341 g/mol. The lowest BCUT2D eigenvalue weighted by Gasteiger charge is -2.19. The van der Waals surface area contributed by atoms with Gasteiger partial charge in [-0.1, -0.05) is 42.0 Å². The maximum atomic E-state index is 12.8. The van der Waals surface area contributed by atoms with Crippen LogP contribution < -0.4 is 21.1 Å². The Balaban J connectivity index is 2.29. The van der Waals surface area contributed by atoms with Crippen molar-refractivity contribution >= 4 is 11.8 Å². The van der Waals surface area contributed by atoms with Gasteiger partial charge in [0, 0.05) is 13.6 Å². The fourth-order valence-electron chi connectivity index (χ4n) is 2.41. The lowest BCUT2D eigenvalue weighted by Crippen LogP contribution is -2.39. The van der Waals surface area contributed by atoms with Crippen LogP contribution in [-0.4, -0.2) is 32.0 Å². The molecule has 0 aromatic heterocycles. The van der Waals surface area contributed by atoms with Gasteiger partial charge in [-0.25, -0.2) is 0 Å². The highest BCUT2D eigenvalue weighted by Gasteiger charge is 2.23. The van der Waals surface area contributed by atoms with Crippen LogP contribution in [0.2, 0.25) is 0 Å². The molecule has 2 rings (SSSR count). The van der Waals surface area contributed by atoms with Crippen molar-refractivity contribution in [2.24, 2.45) is 5.73 Å². The van der Waals surface area contributed by atoms with Crippen molar-refractivity contribution in [3.63, 3.8) is 0 Å². The van der Waals surface area contributed by atoms with Gasteiger partial charge < -0.3 is 21.1 Å². The van der Waals surface area contributed by atoms with Crippen LogP contribution in [0.1, 0.15) is 27.5 Å². The lowest BCUT2D eigenvalue weighted by atomic mass is 10.0. The summed E-state index contributed by atoms with van der Waals surface area (Å²) in [5.74, 6) is -0.234. The van der Waals surface area contributed by atoms with Crippen molar-refractivity contribution in [1.29, 1.82) is 0 Å². The summed E-state index contributed by atoms with van der Waals surface area (Å²) in [5.41, 5.74) is 7.46. The highest BCUT2D eigenvalue weighted by Crippen LogP contribution is 2.22. The first-order valence-corrected chi connectivity index (χ1v) is 8.07. The van der Waals surface area contributed by atoms with Crippen molar-refractivity contribution in [2.75, 3.05) is 20.2 Å². The van der Waals surface area contributed by atoms with E-state index in [0.717, 1.165) is 5.56 Å². The first kappa shape index (κ1) is 18.5. The normalized spacial score (nSPS) is 11.5. The van der Waals surface area contributed by atoms with Gasteiger partial charge in [-0.3, -0.25) is 9.59 Å². The minimum atomic E-state index is -0.790. The van der Waals surface area contributed by atoms with E-state index in [-0.39, 0.29) is 11.8 Å². The summed E-state index contributed by atoms with van der Waals surface area (Å²) in [6, 6.07) is 13.6. The summed E-state index contributed by atoms with van der Waals surface area (Å²) < 4.78 is 5.55. The molecule has 2 aromatic rings. The molecule has 0 saturated heterocycles. The second-order valence-corrected chi connectivity index (χ2v) is 5.57. The van der Waals surface area contributed by atoms with E-state index in [2.05, 4.69) is 10.6 Å². The number of hydrogen-bond donors (Lipinski definition) is 3. The zero-order chi connectivity index (χ0) is 18.2. The van der Waals surface area contributed by atoms with E-state index >= 15 is 0 Å². The molecule has 0 aliphatic rings. The van der Waals surface area contributed by atoms with Crippen LogP contribution >= 0.6 is 0 Å².